The van der Waals surface area contributed by atoms with Crippen LogP contribution in [0.4, 0.5) is 4.79 Å². The Bertz CT molecular complexity index is 509. The van der Waals surface area contributed by atoms with Crippen LogP contribution in [0, 0.1) is 0 Å². The highest BCUT2D eigenvalue weighted by Crippen LogP contribution is 2.36. The molecule has 0 saturated carbocycles. The van der Waals surface area contributed by atoms with Crippen molar-refractivity contribution in [3.8, 4) is 0 Å². The molecule has 1 fully saturated rings. The van der Waals surface area contributed by atoms with Crippen LogP contribution in [0.2, 0.25) is 0 Å². The van der Waals surface area contributed by atoms with Gasteiger partial charge in [0, 0.05) is 7.11 Å². The quantitative estimate of drug-likeness (QED) is 0.776. The van der Waals surface area contributed by atoms with E-state index in [9.17, 15) is 9.59 Å². The summed E-state index contributed by atoms with van der Waals surface area (Å²) in [6.45, 7) is 0.105. The number of ether oxygens (including phenoxy) is 1. The molecule has 0 aliphatic carbocycles. The minimum atomic E-state index is -1.26. The van der Waals surface area contributed by atoms with Gasteiger partial charge in [0.2, 0.25) is 3.23 Å². The number of hydrogen-bond donors (Lipinski definition) is 1. The molecule has 0 radical (unpaired) electrons. The van der Waals surface area contributed by atoms with E-state index in [-0.39, 0.29) is 6.61 Å². The number of amides is 3. The number of nitrogens with zero attached hydrogens (tertiary/aromatic N) is 1. The fourth-order valence-electron chi connectivity index (χ4n) is 1.64. The van der Waals surface area contributed by atoms with Gasteiger partial charge >= 0.3 is 6.03 Å². The summed E-state index contributed by atoms with van der Waals surface area (Å²) in [5, 5.41) is 3.17. The lowest BCUT2D eigenvalue weighted by atomic mass is 10.2. The minimum Gasteiger partial charge on any atom is -0.359 e. The molecule has 1 aliphatic heterocycles. The predicted molar refractivity (Wildman–Crippen MR) is 78.0 cm³/mol. The van der Waals surface area contributed by atoms with Crippen LogP contribution < -0.4 is 5.32 Å². The second-order valence-electron chi connectivity index (χ2n) is 4.05. The van der Waals surface area contributed by atoms with Crippen LogP contribution in [0.1, 0.15) is 5.56 Å². The molecular weight excluding hydrogens is 396 g/mol. The van der Waals surface area contributed by atoms with Gasteiger partial charge in [-0.3, -0.25) is 9.63 Å². The van der Waals surface area contributed by atoms with Gasteiger partial charge in [-0.15, -0.1) is 5.06 Å². The molecule has 1 heterocycles. The van der Waals surface area contributed by atoms with E-state index < -0.39 is 21.4 Å². The molecule has 0 spiro atoms. The van der Waals surface area contributed by atoms with Crippen molar-refractivity contribution in [1.29, 1.82) is 0 Å². The molecular formula is C12H12Br2N2O4. The lowest BCUT2D eigenvalue weighted by Crippen LogP contribution is -2.65. The van der Waals surface area contributed by atoms with Gasteiger partial charge in [-0.1, -0.05) is 62.2 Å². The molecule has 3 amide bonds. The van der Waals surface area contributed by atoms with Gasteiger partial charge in [-0.2, -0.15) is 0 Å². The molecule has 1 unspecified atom stereocenters. The highest BCUT2D eigenvalue weighted by molar-refractivity contribution is 9.26. The van der Waals surface area contributed by atoms with Crippen molar-refractivity contribution in [2.45, 2.75) is 16.1 Å². The highest BCUT2D eigenvalue weighted by atomic mass is 79.9. The fourth-order valence-corrected chi connectivity index (χ4v) is 2.56. The number of carbonyl (C=O) groups is 2. The van der Waals surface area contributed by atoms with Crippen LogP contribution >= 0.6 is 31.9 Å². The molecule has 1 aliphatic rings. The zero-order valence-electron chi connectivity index (χ0n) is 10.5. The average molecular weight is 408 g/mol. The third-order valence-corrected chi connectivity index (χ3v) is 4.19. The van der Waals surface area contributed by atoms with Gasteiger partial charge in [0.25, 0.3) is 5.91 Å². The Morgan fingerprint density at radius 2 is 1.95 bits per heavy atom. The number of hydrogen-bond acceptors (Lipinski definition) is 4. The van der Waals surface area contributed by atoms with E-state index in [1.807, 2.05) is 30.3 Å². The first-order valence-corrected chi connectivity index (χ1v) is 7.28. The molecule has 0 bridgehead atoms. The van der Waals surface area contributed by atoms with Gasteiger partial charge in [-0.25, -0.2) is 4.79 Å². The minimum absolute atomic E-state index is 0.105. The largest absolute Gasteiger partial charge is 0.359 e. The van der Waals surface area contributed by atoms with E-state index in [4.69, 9.17) is 9.57 Å². The third-order valence-electron chi connectivity index (χ3n) is 2.68. The van der Waals surface area contributed by atoms with Gasteiger partial charge in [0.05, 0.1) is 0 Å². The van der Waals surface area contributed by atoms with Crippen molar-refractivity contribution in [3.63, 3.8) is 0 Å². The standard InChI is InChI=1S/C12H12Br2N2O4/c1-19-9-12(13,14)10(17)16(11(18)15-9)20-7-8-5-3-2-4-6-8/h2-6,9H,7H2,1H3,(H,15,18). The molecule has 2 rings (SSSR count). The summed E-state index contributed by atoms with van der Waals surface area (Å²) in [5.74, 6) is -0.593. The van der Waals surface area contributed by atoms with Gasteiger partial charge in [0.15, 0.2) is 6.23 Å². The van der Waals surface area contributed by atoms with Crippen LogP contribution in [0.3, 0.4) is 0 Å². The third kappa shape index (κ3) is 3.03. The Morgan fingerprint density at radius 1 is 1.30 bits per heavy atom. The molecule has 20 heavy (non-hydrogen) atoms. The van der Waals surface area contributed by atoms with Crippen molar-refractivity contribution in [2.24, 2.45) is 0 Å². The summed E-state index contributed by atoms with van der Waals surface area (Å²) in [6.07, 6.45) is -0.834. The number of nitrogens with one attached hydrogen (secondary N) is 1. The number of imide groups is 1. The van der Waals surface area contributed by atoms with E-state index in [0.29, 0.717) is 5.06 Å². The summed E-state index contributed by atoms with van der Waals surface area (Å²) in [6, 6.07) is 8.55. The number of hydroxylamine groups is 2. The Morgan fingerprint density at radius 3 is 2.55 bits per heavy atom. The molecule has 1 aromatic rings. The maximum atomic E-state index is 12.2. The number of methoxy groups -OCH3 is 1. The fraction of sp³-hybridized carbons (Fsp3) is 0.333. The molecule has 8 heteroatoms. The smallest absolute Gasteiger partial charge is 0.350 e. The second-order valence-corrected chi connectivity index (χ2v) is 7.61. The van der Waals surface area contributed by atoms with E-state index in [1.54, 1.807) is 0 Å². The van der Waals surface area contributed by atoms with Crippen molar-refractivity contribution in [1.82, 2.24) is 10.4 Å². The molecule has 1 aromatic carbocycles. The Balaban J connectivity index is 2.08. The first kappa shape index (κ1) is 15.4. The van der Waals surface area contributed by atoms with Crippen molar-refractivity contribution in [2.75, 3.05) is 7.11 Å². The van der Waals surface area contributed by atoms with Crippen LogP contribution in [0.25, 0.3) is 0 Å². The number of rotatable bonds is 4. The Labute approximate surface area is 132 Å². The second kappa shape index (κ2) is 6.21. The first-order chi connectivity index (χ1) is 9.46. The molecule has 1 N–H and O–H groups in total. The molecule has 0 aromatic heterocycles. The van der Waals surface area contributed by atoms with E-state index in [2.05, 4.69) is 37.2 Å². The number of halogens is 2. The van der Waals surface area contributed by atoms with E-state index >= 15 is 0 Å². The molecule has 1 saturated heterocycles. The topological polar surface area (TPSA) is 67.9 Å². The molecule has 108 valence electrons. The SMILES string of the molecule is COC1NC(=O)N(OCc2ccccc2)C(=O)C1(Br)Br. The normalized spacial score (nSPS) is 21.8. The number of benzene rings is 1. The Kier molecular flexibility index (Phi) is 4.79. The maximum absolute atomic E-state index is 12.2. The summed E-state index contributed by atoms with van der Waals surface area (Å²) in [4.78, 5) is 29.3. The highest BCUT2D eigenvalue weighted by Gasteiger charge is 2.52. The number of carbonyl (C=O) groups excluding carboxylic acids is 2. The molecule has 1 atom stereocenters. The maximum Gasteiger partial charge on any atom is 0.350 e. The van der Waals surface area contributed by atoms with Crippen LogP contribution in [0.15, 0.2) is 30.3 Å². The number of urea groups is 1. The lowest BCUT2D eigenvalue weighted by Gasteiger charge is -2.37. The molecule has 6 nitrogen and oxygen atoms in total. The van der Waals surface area contributed by atoms with Gasteiger partial charge in [0.1, 0.15) is 6.61 Å². The summed E-state index contributed by atoms with van der Waals surface area (Å²) in [5.41, 5.74) is 0.844. The Hall–Kier alpha value is -0.960. The van der Waals surface area contributed by atoms with Gasteiger partial charge < -0.3 is 10.1 Å². The average Bonchev–Trinajstić information content (AvgIpc) is 2.44. The van der Waals surface area contributed by atoms with Crippen LogP contribution in [0.5, 0.6) is 0 Å². The summed E-state index contributed by atoms with van der Waals surface area (Å²) < 4.78 is 3.77. The lowest BCUT2D eigenvalue weighted by molar-refractivity contribution is -0.180. The van der Waals surface area contributed by atoms with Crippen LogP contribution in [-0.2, 0) is 21.0 Å². The van der Waals surface area contributed by atoms with Gasteiger partial charge in [-0.05, 0) is 5.56 Å². The van der Waals surface area contributed by atoms with Crippen molar-refractivity contribution in [3.05, 3.63) is 35.9 Å². The van der Waals surface area contributed by atoms with E-state index in [0.717, 1.165) is 5.56 Å². The monoisotopic (exact) mass is 406 g/mol. The zero-order chi connectivity index (χ0) is 14.8. The first-order valence-electron chi connectivity index (χ1n) is 5.69. The van der Waals surface area contributed by atoms with Crippen molar-refractivity contribution < 1.29 is 19.2 Å². The zero-order valence-corrected chi connectivity index (χ0v) is 13.7. The van der Waals surface area contributed by atoms with Crippen LogP contribution in [-0.4, -0.2) is 33.6 Å². The summed E-state index contributed by atoms with van der Waals surface area (Å²) >= 11 is 6.37. The summed E-state index contributed by atoms with van der Waals surface area (Å²) in [7, 11) is 1.38. The number of alkyl halides is 2. The van der Waals surface area contributed by atoms with E-state index in [1.165, 1.54) is 7.11 Å². The van der Waals surface area contributed by atoms with Crippen molar-refractivity contribution >= 4 is 43.8 Å². The predicted octanol–water partition coefficient (Wildman–Crippen LogP) is 2.13.